The zero-order valence-electron chi connectivity index (χ0n) is 16.2. The normalized spacial score (nSPS) is 15.8. The number of carbonyl (C=O) groups is 2. The smallest absolute Gasteiger partial charge is 0.337 e. The van der Waals surface area contributed by atoms with Crippen molar-refractivity contribution in [1.29, 1.82) is 0 Å². The van der Waals surface area contributed by atoms with Crippen molar-refractivity contribution in [1.82, 2.24) is 4.90 Å². The van der Waals surface area contributed by atoms with Crippen LogP contribution in [0.2, 0.25) is 0 Å². The molecule has 1 heterocycles. The molecule has 1 atom stereocenters. The Morgan fingerprint density at radius 3 is 2.43 bits per heavy atom. The third-order valence-electron chi connectivity index (χ3n) is 4.87. The summed E-state index contributed by atoms with van der Waals surface area (Å²) in [5.41, 5.74) is 1.97. The highest BCUT2D eigenvalue weighted by Crippen LogP contribution is 2.39. The van der Waals surface area contributed by atoms with Crippen LogP contribution in [0.1, 0.15) is 34.8 Å². The first-order valence-corrected chi connectivity index (χ1v) is 9.05. The van der Waals surface area contributed by atoms with Crippen molar-refractivity contribution in [3.05, 3.63) is 53.6 Å². The van der Waals surface area contributed by atoms with Gasteiger partial charge in [0, 0.05) is 17.8 Å². The summed E-state index contributed by atoms with van der Waals surface area (Å²) in [6.07, 6.45) is 1.75. The van der Waals surface area contributed by atoms with Crippen LogP contribution in [-0.2, 0) is 4.74 Å². The van der Waals surface area contributed by atoms with Gasteiger partial charge in [0.15, 0.2) is 0 Å². The van der Waals surface area contributed by atoms with Crippen LogP contribution < -0.4 is 14.8 Å². The molecular weight excluding hydrogens is 360 g/mol. The van der Waals surface area contributed by atoms with Gasteiger partial charge in [-0.05, 0) is 55.3 Å². The average Bonchev–Trinajstić information content (AvgIpc) is 3.23. The summed E-state index contributed by atoms with van der Waals surface area (Å²) in [4.78, 5) is 26.2. The molecule has 1 fully saturated rings. The highest BCUT2D eigenvalue weighted by molar-refractivity contribution is 5.92. The van der Waals surface area contributed by atoms with Crippen LogP contribution in [0.15, 0.2) is 42.5 Å². The van der Waals surface area contributed by atoms with E-state index in [1.807, 2.05) is 18.2 Å². The number of hydrogen-bond acceptors (Lipinski definition) is 5. The standard InChI is InChI=1S/C21H24N2O5/c1-26-16-10-11-19(27-2)17(13-16)18-5-4-12-23(18)21(25)22-15-8-6-14(7-9-15)20(24)28-3/h6-11,13,18H,4-5,12H2,1-3H3,(H,22,25)/t18-/m1/s1. The van der Waals surface area contributed by atoms with E-state index >= 15 is 0 Å². The van der Waals surface area contributed by atoms with Crippen molar-refractivity contribution in [2.45, 2.75) is 18.9 Å². The SMILES string of the molecule is COC(=O)c1ccc(NC(=O)N2CCC[C@@H]2c2cc(OC)ccc2OC)cc1. The van der Waals surface area contributed by atoms with Crippen molar-refractivity contribution < 1.29 is 23.8 Å². The van der Waals surface area contributed by atoms with Crippen LogP contribution in [0.4, 0.5) is 10.5 Å². The third kappa shape index (κ3) is 4.03. The Morgan fingerprint density at radius 2 is 1.79 bits per heavy atom. The van der Waals surface area contributed by atoms with Gasteiger partial charge in [0.1, 0.15) is 11.5 Å². The number of amides is 2. The minimum Gasteiger partial charge on any atom is -0.497 e. The van der Waals surface area contributed by atoms with Crippen molar-refractivity contribution in [3.63, 3.8) is 0 Å². The van der Waals surface area contributed by atoms with Gasteiger partial charge >= 0.3 is 12.0 Å². The van der Waals surface area contributed by atoms with E-state index in [2.05, 4.69) is 10.1 Å². The predicted molar refractivity (Wildman–Crippen MR) is 105 cm³/mol. The molecule has 0 unspecified atom stereocenters. The van der Waals surface area contributed by atoms with E-state index in [1.165, 1.54) is 7.11 Å². The number of esters is 1. The number of benzene rings is 2. The van der Waals surface area contributed by atoms with Crippen molar-refractivity contribution in [2.24, 2.45) is 0 Å². The molecule has 28 heavy (non-hydrogen) atoms. The first-order valence-electron chi connectivity index (χ1n) is 9.05. The molecule has 0 radical (unpaired) electrons. The Balaban J connectivity index is 1.77. The zero-order valence-corrected chi connectivity index (χ0v) is 16.2. The Morgan fingerprint density at radius 1 is 1.04 bits per heavy atom. The highest BCUT2D eigenvalue weighted by atomic mass is 16.5. The van der Waals surface area contributed by atoms with Crippen molar-refractivity contribution in [3.8, 4) is 11.5 Å². The lowest BCUT2D eigenvalue weighted by Crippen LogP contribution is -2.34. The summed E-state index contributed by atoms with van der Waals surface area (Å²) in [5.74, 6) is 1.04. The third-order valence-corrected chi connectivity index (χ3v) is 4.87. The first-order chi connectivity index (χ1) is 13.6. The number of rotatable bonds is 5. The van der Waals surface area contributed by atoms with Gasteiger partial charge in [-0.3, -0.25) is 0 Å². The molecule has 2 aromatic carbocycles. The topological polar surface area (TPSA) is 77.1 Å². The second-order valence-corrected chi connectivity index (χ2v) is 6.46. The van der Waals surface area contributed by atoms with Gasteiger partial charge in [-0.15, -0.1) is 0 Å². The minimum atomic E-state index is -0.414. The lowest BCUT2D eigenvalue weighted by molar-refractivity contribution is 0.0600. The number of carbonyl (C=O) groups excluding carboxylic acids is 2. The Kier molecular flexibility index (Phi) is 6.03. The fraction of sp³-hybridized carbons (Fsp3) is 0.333. The van der Waals surface area contributed by atoms with E-state index in [-0.39, 0.29) is 12.1 Å². The van der Waals surface area contributed by atoms with Gasteiger partial charge in [-0.2, -0.15) is 0 Å². The van der Waals surface area contributed by atoms with Crippen LogP contribution in [-0.4, -0.2) is 44.8 Å². The Bertz CT molecular complexity index is 850. The van der Waals surface area contributed by atoms with E-state index in [1.54, 1.807) is 43.4 Å². The summed E-state index contributed by atoms with van der Waals surface area (Å²) in [6, 6.07) is 11.9. The van der Waals surface area contributed by atoms with Gasteiger partial charge in [-0.25, -0.2) is 9.59 Å². The number of nitrogens with zero attached hydrogens (tertiary/aromatic N) is 1. The molecule has 148 valence electrons. The molecule has 1 aliphatic heterocycles. The largest absolute Gasteiger partial charge is 0.497 e. The second-order valence-electron chi connectivity index (χ2n) is 6.46. The Hall–Kier alpha value is -3.22. The van der Waals surface area contributed by atoms with Gasteiger partial charge in [0.2, 0.25) is 0 Å². The molecule has 7 heteroatoms. The summed E-state index contributed by atoms with van der Waals surface area (Å²) >= 11 is 0. The molecule has 2 amide bonds. The van der Waals surface area contributed by atoms with Gasteiger partial charge in [0.25, 0.3) is 0 Å². The number of ether oxygens (including phenoxy) is 3. The molecule has 7 nitrogen and oxygen atoms in total. The van der Waals surface area contributed by atoms with Crippen LogP contribution in [0.25, 0.3) is 0 Å². The summed E-state index contributed by atoms with van der Waals surface area (Å²) in [5, 5.41) is 2.90. The lowest BCUT2D eigenvalue weighted by Gasteiger charge is -2.27. The van der Waals surface area contributed by atoms with E-state index < -0.39 is 5.97 Å². The van der Waals surface area contributed by atoms with Crippen molar-refractivity contribution >= 4 is 17.7 Å². The molecule has 0 aliphatic carbocycles. The van der Waals surface area contributed by atoms with Crippen LogP contribution in [0.3, 0.4) is 0 Å². The molecule has 1 N–H and O–H groups in total. The van der Waals surface area contributed by atoms with E-state index in [9.17, 15) is 9.59 Å². The average molecular weight is 384 g/mol. The minimum absolute atomic E-state index is 0.0978. The second kappa shape index (κ2) is 8.65. The maximum atomic E-state index is 12.9. The Labute approximate surface area is 164 Å². The molecule has 2 aromatic rings. The summed E-state index contributed by atoms with van der Waals surface area (Å²) in [6.45, 7) is 0.650. The highest BCUT2D eigenvalue weighted by Gasteiger charge is 2.32. The molecule has 0 saturated carbocycles. The molecule has 1 aliphatic rings. The number of urea groups is 1. The van der Waals surface area contributed by atoms with Gasteiger partial charge in [0.05, 0.1) is 32.9 Å². The number of methoxy groups -OCH3 is 3. The van der Waals surface area contributed by atoms with Gasteiger partial charge in [-0.1, -0.05) is 0 Å². The van der Waals surface area contributed by atoms with E-state index in [0.717, 1.165) is 29.9 Å². The maximum Gasteiger partial charge on any atom is 0.337 e. The quantitative estimate of drug-likeness (QED) is 0.792. The number of anilines is 1. The molecule has 3 rings (SSSR count). The first kappa shape index (κ1) is 19.5. The van der Waals surface area contributed by atoms with E-state index in [0.29, 0.717) is 17.8 Å². The fourth-order valence-electron chi connectivity index (χ4n) is 3.44. The maximum absolute atomic E-state index is 12.9. The zero-order chi connectivity index (χ0) is 20.1. The van der Waals surface area contributed by atoms with Crippen molar-refractivity contribution in [2.75, 3.05) is 33.2 Å². The lowest BCUT2D eigenvalue weighted by atomic mass is 10.0. The monoisotopic (exact) mass is 384 g/mol. The molecule has 0 bridgehead atoms. The van der Waals surface area contributed by atoms with E-state index in [4.69, 9.17) is 9.47 Å². The molecular formula is C21H24N2O5. The fourth-order valence-corrected chi connectivity index (χ4v) is 3.44. The molecule has 1 saturated heterocycles. The van der Waals surface area contributed by atoms with Crippen LogP contribution >= 0.6 is 0 Å². The molecule has 0 spiro atoms. The predicted octanol–water partition coefficient (Wildman–Crippen LogP) is 3.86. The number of nitrogens with one attached hydrogen (secondary N) is 1. The van der Waals surface area contributed by atoms with Crippen LogP contribution in [0, 0.1) is 0 Å². The number of hydrogen-bond donors (Lipinski definition) is 1. The summed E-state index contributed by atoms with van der Waals surface area (Å²) < 4.78 is 15.5. The van der Waals surface area contributed by atoms with Gasteiger partial charge < -0.3 is 24.4 Å². The summed E-state index contributed by atoms with van der Waals surface area (Å²) in [7, 11) is 4.56. The van der Waals surface area contributed by atoms with Crippen LogP contribution in [0.5, 0.6) is 11.5 Å². The molecule has 0 aromatic heterocycles. The number of likely N-dealkylation sites (tertiary alicyclic amines) is 1.